The lowest BCUT2D eigenvalue weighted by Gasteiger charge is -2.34. The van der Waals surface area contributed by atoms with Crippen molar-refractivity contribution in [3.05, 3.63) is 237 Å². The summed E-state index contributed by atoms with van der Waals surface area (Å²) >= 11 is 10.3. The molecule has 2 aliphatic rings. The van der Waals surface area contributed by atoms with Crippen molar-refractivity contribution in [2.45, 2.75) is 38.5 Å². The van der Waals surface area contributed by atoms with E-state index in [1.807, 2.05) is 45.3 Å². The fourth-order valence-electron chi connectivity index (χ4n) is 12.5. The maximum absolute atomic E-state index is 4.77. The van der Waals surface area contributed by atoms with Crippen molar-refractivity contribution >= 4 is 120 Å². The normalized spacial score (nSPS) is 14.2. The summed E-state index contributed by atoms with van der Waals surface area (Å²) < 4.78 is 24.1. The molecule has 352 valence electrons. The Morgan fingerprint density at radius 2 is 0.743 bits per heavy atom. The summed E-state index contributed by atoms with van der Waals surface area (Å²) in [6.07, 6.45) is 0. The molecule has 0 saturated carbocycles. The summed E-state index contributed by atoms with van der Waals surface area (Å²) in [7, 11) is 0. The molecule has 4 nitrogen and oxygen atoms in total. The lowest BCUT2D eigenvalue weighted by Crippen LogP contribution is -2.29. The zero-order valence-corrected chi connectivity index (χ0v) is 45.3. The topological polar surface area (TPSA) is 51.6 Å². The number of benzene rings is 8. The van der Waals surface area contributed by atoms with E-state index in [9.17, 15) is 0 Å². The van der Waals surface area contributed by atoms with Crippen LogP contribution in [0.25, 0.3) is 93.4 Å². The van der Waals surface area contributed by atoms with Crippen LogP contribution in [0.2, 0.25) is 0 Å². The highest BCUT2D eigenvalue weighted by Crippen LogP contribution is 2.69. The summed E-state index contributed by atoms with van der Waals surface area (Å²) in [4.78, 5) is 5.15. The Morgan fingerprint density at radius 3 is 1.19 bits per heavy atom. The number of fused-ring (bicyclic) bond motifs is 13. The van der Waals surface area contributed by atoms with Crippen molar-refractivity contribution in [3.63, 3.8) is 0 Å². The molecule has 2 aliphatic carbocycles. The number of hydrogen-bond acceptors (Lipinski definition) is 10. The van der Waals surface area contributed by atoms with Gasteiger partial charge in [0.2, 0.25) is 0 Å². The maximum atomic E-state index is 4.77. The molecule has 10 heteroatoms. The smallest absolute Gasteiger partial charge is 0.113 e. The van der Waals surface area contributed by atoms with Crippen molar-refractivity contribution in [1.82, 2.24) is 17.5 Å². The molecule has 8 aromatic carbocycles. The standard InChI is InChI=1S/C64H40N4S6/c1-33-11-19-39(20-12-33)63(40-21-13-34(2)14-22-40)47-28-38-30-54(44-8-6-10-50-58(44)68-74-66-50)69-51(38)31-46(47)60-56(63)62-61(72-60)55-59(71-62)45-27-37-29-53(43-7-5-9-49-57(43)67-73-65-49)70-52(37)32-48(45)64(55,41-23-15-35(3)16-24-41)42-25-17-36(4)18-26-42/h5-32H,1-4H3. The van der Waals surface area contributed by atoms with Crippen LogP contribution in [0, 0.1) is 27.7 Å². The summed E-state index contributed by atoms with van der Waals surface area (Å²) in [5, 5.41) is 2.50. The Hall–Kier alpha value is -7.02. The summed E-state index contributed by atoms with van der Waals surface area (Å²) in [6.45, 7) is 8.81. The maximum Gasteiger partial charge on any atom is 0.113 e. The van der Waals surface area contributed by atoms with Gasteiger partial charge in [-0.05, 0) is 132 Å². The van der Waals surface area contributed by atoms with Gasteiger partial charge in [0.15, 0.2) is 0 Å². The van der Waals surface area contributed by atoms with Gasteiger partial charge in [0.05, 0.1) is 43.7 Å². The molecule has 0 atom stereocenters. The summed E-state index contributed by atoms with van der Waals surface area (Å²) in [5.41, 5.74) is 23.2. The summed E-state index contributed by atoms with van der Waals surface area (Å²) in [5.74, 6) is 0. The Balaban J connectivity index is 1.03. The SMILES string of the molecule is Cc1ccc(C2(c3ccc(C)cc3)c3cc4cc(-c5cccc6nsnc56)sc4cc3-c3sc4c5c(sc4c32)-c2cc3cc(-c4cccc6nsnc46)sc3cc2C5(c2ccc(C)cc2)c2ccc(C)cc2)cc1. The van der Waals surface area contributed by atoms with E-state index in [2.05, 4.69) is 206 Å². The second-order valence-corrected chi connectivity index (χ2v) is 25.5. The molecular weight excluding hydrogens is 1020 g/mol. The molecule has 0 amide bonds. The molecule has 0 radical (unpaired) electrons. The van der Waals surface area contributed by atoms with Crippen molar-refractivity contribution in [2.24, 2.45) is 0 Å². The first kappa shape index (κ1) is 43.4. The third kappa shape index (κ3) is 5.86. The zero-order valence-electron chi connectivity index (χ0n) is 40.4. The molecule has 0 fully saturated rings. The predicted molar refractivity (Wildman–Crippen MR) is 317 cm³/mol. The van der Waals surface area contributed by atoms with Crippen LogP contribution in [0.15, 0.2) is 170 Å². The average molecular weight is 1060 g/mol. The van der Waals surface area contributed by atoms with E-state index in [1.165, 1.54) is 150 Å². The van der Waals surface area contributed by atoms with E-state index in [0.29, 0.717) is 0 Å². The highest BCUT2D eigenvalue weighted by Gasteiger charge is 2.54. The molecule has 6 aromatic heterocycles. The largest absolute Gasteiger partial charge is 0.173 e. The van der Waals surface area contributed by atoms with E-state index >= 15 is 0 Å². The molecule has 16 rings (SSSR count). The van der Waals surface area contributed by atoms with E-state index in [1.54, 1.807) is 0 Å². The highest BCUT2D eigenvalue weighted by molar-refractivity contribution is 7.32. The molecule has 6 heterocycles. The third-order valence-electron chi connectivity index (χ3n) is 15.9. The Labute approximate surface area is 451 Å². The molecule has 0 aliphatic heterocycles. The number of hydrogen-bond donors (Lipinski definition) is 0. The van der Waals surface area contributed by atoms with Crippen LogP contribution in [0.1, 0.15) is 66.8 Å². The molecule has 0 saturated heterocycles. The Bertz CT molecular complexity index is 4250. The first-order chi connectivity index (χ1) is 36.2. The van der Waals surface area contributed by atoms with Gasteiger partial charge in [-0.15, -0.1) is 45.3 Å². The molecule has 0 bridgehead atoms. The molecule has 74 heavy (non-hydrogen) atoms. The van der Waals surface area contributed by atoms with Gasteiger partial charge in [0, 0.05) is 51.2 Å². The van der Waals surface area contributed by atoms with Gasteiger partial charge >= 0.3 is 0 Å². The number of aromatic nitrogens is 4. The van der Waals surface area contributed by atoms with E-state index < -0.39 is 10.8 Å². The number of nitrogens with zero attached hydrogens (tertiary/aromatic N) is 4. The van der Waals surface area contributed by atoms with Crippen molar-refractivity contribution in [1.29, 1.82) is 0 Å². The first-order valence-corrected chi connectivity index (χ1v) is 29.5. The van der Waals surface area contributed by atoms with Gasteiger partial charge in [-0.2, -0.15) is 17.5 Å². The molecule has 0 spiro atoms. The highest BCUT2D eigenvalue weighted by atomic mass is 32.1. The van der Waals surface area contributed by atoms with Crippen LogP contribution in [-0.4, -0.2) is 17.5 Å². The van der Waals surface area contributed by atoms with Crippen LogP contribution in [-0.2, 0) is 10.8 Å². The van der Waals surface area contributed by atoms with Crippen LogP contribution in [0.5, 0.6) is 0 Å². The fraction of sp³-hybridized carbons (Fsp3) is 0.0938. The number of aryl methyl sites for hydroxylation is 4. The van der Waals surface area contributed by atoms with Crippen molar-refractivity contribution in [2.75, 3.05) is 0 Å². The minimum absolute atomic E-state index is 0.600. The zero-order chi connectivity index (χ0) is 49.2. The fourth-order valence-corrected chi connectivity index (χ4v) is 18.9. The van der Waals surface area contributed by atoms with E-state index in [0.717, 1.165) is 33.2 Å². The van der Waals surface area contributed by atoms with Gasteiger partial charge in [-0.1, -0.05) is 144 Å². The van der Waals surface area contributed by atoms with Crippen molar-refractivity contribution in [3.8, 4) is 41.8 Å². The number of rotatable bonds is 6. The number of thiophene rings is 4. The van der Waals surface area contributed by atoms with Crippen LogP contribution in [0.4, 0.5) is 0 Å². The predicted octanol–water partition coefficient (Wildman–Crippen LogP) is 18.7. The molecular formula is C64H40N4S6. The van der Waals surface area contributed by atoms with E-state index in [-0.39, 0.29) is 0 Å². The second-order valence-electron chi connectivity index (χ2n) is 20.2. The Morgan fingerprint density at radius 1 is 0.351 bits per heavy atom. The second kappa shape index (κ2) is 15.8. The molecule has 14 aromatic rings. The minimum Gasteiger partial charge on any atom is -0.173 e. The van der Waals surface area contributed by atoms with E-state index in [4.69, 9.17) is 8.75 Å². The van der Waals surface area contributed by atoms with Crippen LogP contribution in [0.3, 0.4) is 0 Å². The Kier molecular flexibility index (Phi) is 9.24. The first-order valence-electron chi connectivity index (χ1n) is 24.7. The van der Waals surface area contributed by atoms with Gasteiger partial charge < -0.3 is 0 Å². The average Bonchev–Trinajstić information content (AvgIpc) is 4.49. The monoisotopic (exact) mass is 1060 g/mol. The van der Waals surface area contributed by atoms with Crippen molar-refractivity contribution < 1.29 is 0 Å². The lowest BCUT2D eigenvalue weighted by atomic mass is 9.66. The lowest BCUT2D eigenvalue weighted by molar-refractivity contribution is 0.775. The van der Waals surface area contributed by atoms with Crippen LogP contribution < -0.4 is 0 Å². The van der Waals surface area contributed by atoms with Gasteiger partial charge in [0.25, 0.3) is 0 Å². The quantitative estimate of drug-likeness (QED) is 0.167. The third-order valence-corrected chi connectivity index (χ3v) is 21.9. The van der Waals surface area contributed by atoms with Gasteiger partial charge in [-0.25, -0.2) is 0 Å². The van der Waals surface area contributed by atoms with Gasteiger partial charge in [0.1, 0.15) is 22.1 Å². The minimum atomic E-state index is -0.602. The van der Waals surface area contributed by atoms with Crippen LogP contribution >= 0.6 is 68.8 Å². The van der Waals surface area contributed by atoms with Gasteiger partial charge in [-0.3, -0.25) is 0 Å². The summed E-state index contributed by atoms with van der Waals surface area (Å²) in [6, 6.07) is 65.4. The molecule has 0 unspecified atom stereocenters. The molecule has 0 N–H and O–H groups in total.